The van der Waals surface area contributed by atoms with E-state index < -0.39 is 17.8 Å². The molecule has 2 N–H and O–H groups in total. The number of nitrogens with one attached hydrogen (secondary N) is 1. The first-order valence-electron chi connectivity index (χ1n) is 7.17. The van der Waals surface area contributed by atoms with E-state index in [9.17, 15) is 14.3 Å². The summed E-state index contributed by atoms with van der Waals surface area (Å²) in [5.41, 5.74) is 1.32. The molecule has 5 nitrogen and oxygen atoms in total. The molecule has 3 rings (SSSR count). The Labute approximate surface area is 150 Å². The first kappa shape index (κ1) is 16.8. The molecule has 0 radical (unpaired) electrons. The third-order valence-corrected chi connectivity index (χ3v) is 5.07. The highest BCUT2D eigenvalue weighted by molar-refractivity contribution is 9.10. The van der Waals surface area contributed by atoms with Gasteiger partial charge in [-0.2, -0.15) is 0 Å². The highest BCUT2D eigenvalue weighted by Gasteiger charge is 2.32. The van der Waals surface area contributed by atoms with E-state index in [0.717, 1.165) is 0 Å². The van der Waals surface area contributed by atoms with Gasteiger partial charge >= 0.3 is 5.97 Å². The molecule has 1 atom stereocenters. The number of benzene rings is 1. The summed E-state index contributed by atoms with van der Waals surface area (Å²) < 4.78 is 13.9. The Morgan fingerprint density at radius 3 is 2.88 bits per heavy atom. The summed E-state index contributed by atoms with van der Waals surface area (Å²) in [7, 11) is 0. The number of amidine groups is 1. The lowest BCUT2D eigenvalue weighted by Gasteiger charge is -2.26. The van der Waals surface area contributed by atoms with Crippen molar-refractivity contribution in [1.82, 2.24) is 10.3 Å². The molecule has 1 aromatic carbocycles. The highest BCUT2D eigenvalue weighted by Crippen LogP contribution is 2.36. The molecule has 1 aromatic heterocycles. The van der Waals surface area contributed by atoms with Gasteiger partial charge in [0.25, 0.3) is 0 Å². The van der Waals surface area contributed by atoms with E-state index in [1.165, 1.54) is 23.5 Å². The Morgan fingerprint density at radius 2 is 2.29 bits per heavy atom. The smallest absolute Gasteiger partial charge is 0.335 e. The van der Waals surface area contributed by atoms with Crippen molar-refractivity contribution < 1.29 is 14.3 Å². The van der Waals surface area contributed by atoms with Crippen LogP contribution in [-0.2, 0) is 4.79 Å². The zero-order valence-corrected chi connectivity index (χ0v) is 15.0. The zero-order valence-electron chi connectivity index (χ0n) is 12.6. The molecular weight excluding hydrogens is 397 g/mol. The number of aliphatic imine (C=N–C) groups is 1. The number of aromatic nitrogens is 1. The molecule has 8 heteroatoms. The summed E-state index contributed by atoms with van der Waals surface area (Å²) >= 11 is 4.72. The van der Waals surface area contributed by atoms with Crippen LogP contribution in [0.2, 0.25) is 0 Å². The fourth-order valence-corrected chi connectivity index (χ4v) is 3.68. The van der Waals surface area contributed by atoms with Crippen molar-refractivity contribution in [1.29, 1.82) is 0 Å². The van der Waals surface area contributed by atoms with Gasteiger partial charge in [-0.25, -0.2) is 14.2 Å². The lowest BCUT2D eigenvalue weighted by molar-refractivity contribution is -0.133. The van der Waals surface area contributed by atoms with E-state index in [1.807, 2.05) is 12.3 Å². The second-order valence-corrected chi connectivity index (χ2v) is 6.81. The number of rotatable bonds is 4. The molecule has 2 heterocycles. The number of carboxylic acids is 1. The van der Waals surface area contributed by atoms with Crippen LogP contribution >= 0.6 is 27.3 Å². The second-order valence-electron chi connectivity index (χ2n) is 5.06. The molecule has 1 aliphatic rings. The maximum Gasteiger partial charge on any atom is 0.335 e. The Morgan fingerprint density at radius 1 is 1.50 bits per heavy atom. The molecular formula is C16H13BrFN3O2S. The number of nitrogens with zero attached hydrogens (tertiary/aromatic N) is 2. The molecule has 1 aliphatic heterocycles. The monoisotopic (exact) mass is 409 g/mol. The Hall–Kier alpha value is -2.06. The summed E-state index contributed by atoms with van der Waals surface area (Å²) in [5, 5.41) is 15.2. The van der Waals surface area contributed by atoms with Gasteiger partial charge in [0.2, 0.25) is 0 Å². The second kappa shape index (κ2) is 6.82. The first-order valence-corrected chi connectivity index (χ1v) is 8.84. The standard InChI is InChI=1S/C16H13BrFN3O2S/c1-2-11-12(16(22)23)13(9-4-3-8(18)7-10(9)17)21-14(20-11)15-19-5-6-24-15/h3-7,13H,2H2,1H3,(H,20,21)(H,22,23). The molecule has 124 valence electrons. The van der Waals surface area contributed by atoms with Gasteiger partial charge in [-0.3, -0.25) is 4.99 Å². The van der Waals surface area contributed by atoms with Crippen LogP contribution in [0.4, 0.5) is 4.39 Å². The molecule has 0 fully saturated rings. The van der Waals surface area contributed by atoms with E-state index in [4.69, 9.17) is 0 Å². The molecule has 0 spiro atoms. The average Bonchev–Trinajstić information content (AvgIpc) is 3.08. The van der Waals surface area contributed by atoms with Gasteiger partial charge in [0, 0.05) is 21.7 Å². The third-order valence-electron chi connectivity index (χ3n) is 3.60. The number of thiazole rings is 1. The van der Waals surface area contributed by atoms with Gasteiger partial charge in [0.15, 0.2) is 10.8 Å². The number of carbonyl (C=O) groups is 1. The number of carboxylic acid groups (broad SMARTS) is 1. The third kappa shape index (κ3) is 3.11. The van der Waals surface area contributed by atoms with Crippen LogP contribution in [0.3, 0.4) is 0 Å². The number of allylic oxidation sites excluding steroid dienone is 1. The molecule has 1 unspecified atom stereocenters. The largest absolute Gasteiger partial charge is 0.478 e. The number of aliphatic carboxylic acids is 1. The van der Waals surface area contributed by atoms with Gasteiger partial charge in [-0.15, -0.1) is 11.3 Å². The van der Waals surface area contributed by atoms with Crippen LogP contribution in [0, 0.1) is 5.82 Å². The fraction of sp³-hybridized carbons (Fsp3) is 0.188. The normalized spacial score (nSPS) is 17.5. The summed E-state index contributed by atoms with van der Waals surface area (Å²) in [6.45, 7) is 1.87. The molecule has 0 saturated heterocycles. The van der Waals surface area contributed by atoms with Crippen LogP contribution in [-0.4, -0.2) is 21.9 Å². The summed E-state index contributed by atoms with van der Waals surface area (Å²) in [6, 6.07) is 3.41. The van der Waals surface area contributed by atoms with Crippen molar-refractivity contribution in [3.63, 3.8) is 0 Å². The van der Waals surface area contributed by atoms with Crippen LogP contribution in [0.1, 0.15) is 30.0 Å². The SMILES string of the molecule is CCC1=C(C(=O)O)C(c2ccc(F)cc2Br)N=C(c2nccs2)N1. The maximum atomic E-state index is 13.4. The predicted octanol–water partition coefficient (Wildman–Crippen LogP) is 3.88. The van der Waals surface area contributed by atoms with Gasteiger partial charge in [-0.05, 0) is 24.1 Å². The minimum Gasteiger partial charge on any atom is -0.478 e. The van der Waals surface area contributed by atoms with Crippen LogP contribution in [0.25, 0.3) is 0 Å². The predicted molar refractivity (Wildman–Crippen MR) is 93.6 cm³/mol. The molecule has 0 aliphatic carbocycles. The number of hydrogen-bond acceptors (Lipinski definition) is 5. The minimum atomic E-state index is -1.05. The summed E-state index contributed by atoms with van der Waals surface area (Å²) in [6.07, 6.45) is 2.16. The van der Waals surface area contributed by atoms with Gasteiger partial charge in [0.05, 0.1) is 5.57 Å². The molecule has 0 amide bonds. The zero-order chi connectivity index (χ0) is 17.3. The molecule has 24 heavy (non-hydrogen) atoms. The summed E-state index contributed by atoms with van der Waals surface area (Å²) in [4.78, 5) is 20.6. The lowest BCUT2D eigenvalue weighted by Crippen LogP contribution is -2.33. The summed E-state index contributed by atoms with van der Waals surface area (Å²) in [5.74, 6) is -0.934. The number of halogens is 2. The van der Waals surface area contributed by atoms with Gasteiger partial charge < -0.3 is 10.4 Å². The Bertz CT molecular complexity index is 849. The minimum absolute atomic E-state index is 0.158. The molecule has 2 aromatic rings. The molecule has 0 saturated carbocycles. The van der Waals surface area contributed by atoms with Crippen molar-refractivity contribution in [2.24, 2.45) is 4.99 Å². The van der Waals surface area contributed by atoms with Crippen LogP contribution in [0.15, 0.2) is 50.5 Å². The van der Waals surface area contributed by atoms with E-state index >= 15 is 0 Å². The van der Waals surface area contributed by atoms with Gasteiger partial charge in [-0.1, -0.05) is 28.9 Å². The van der Waals surface area contributed by atoms with E-state index in [1.54, 1.807) is 12.3 Å². The topological polar surface area (TPSA) is 74.6 Å². The van der Waals surface area contributed by atoms with Crippen molar-refractivity contribution in [3.05, 3.63) is 61.9 Å². The van der Waals surface area contributed by atoms with Gasteiger partial charge in [0.1, 0.15) is 11.9 Å². The van der Waals surface area contributed by atoms with Crippen molar-refractivity contribution in [2.45, 2.75) is 19.4 Å². The first-order chi connectivity index (χ1) is 11.5. The quantitative estimate of drug-likeness (QED) is 0.802. The Kier molecular flexibility index (Phi) is 4.77. The fourth-order valence-electron chi connectivity index (χ4n) is 2.52. The van der Waals surface area contributed by atoms with E-state index in [0.29, 0.717) is 33.0 Å². The van der Waals surface area contributed by atoms with Crippen LogP contribution in [0.5, 0.6) is 0 Å². The van der Waals surface area contributed by atoms with Crippen LogP contribution < -0.4 is 5.32 Å². The van der Waals surface area contributed by atoms with Crippen molar-refractivity contribution >= 4 is 39.1 Å². The highest BCUT2D eigenvalue weighted by atomic mass is 79.9. The maximum absolute atomic E-state index is 13.4. The Balaban J connectivity index is 2.17. The molecule has 0 bridgehead atoms. The van der Waals surface area contributed by atoms with E-state index in [-0.39, 0.29) is 5.57 Å². The van der Waals surface area contributed by atoms with Crippen molar-refractivity contribution in [3.8, 4) is 0 Å². The lowest BCUT2D eigenvalue weighted by atomic mass is 9.95. The van der Waals surface area contributed by atoms with E-state index in [2.05, 4.69) is 31.2 Å². The van der Waals surface area contributed by atoms with Crippen molar-refractivity contribution in [2.75, 3.05) is 0 Å². The number of hydrogen-bond donors (Lipinski definition) is 2. The average molecular weight is 410 g/mol.